The number of rotatable bonds is 2. The molecular weight excluding hydrogens is 256 g/mol. The van der Waals surface area contributed by atoms with Crippen molar-refractivity contribution in [3.8, 4) is 0 Å². The van der Waals surface area contributed by atoms with Gasteiger partial charge in [0.15, 0.2) is 0 Å². The van der Waals surface area contributed by atoms with Crippen LogP contribution in [0.25, 0.3) is 0 Å². The van der Waals surface area contributed by atoms with E-state index in [1.54, 1.807) is 11.3 Å². The van der Waals surface area contributed by atoms with Gasteiger partial charge in [0.2, 0.25) is 0 Å². The van der Waals surface area contributed by atoms with E-state index in [0.717, 1.165) is 37.0 Å². The summed E-state index contributed by atoms with van der Waals surface area (Å²) in [6.07, 6.45) is 9.33. The van der Waals surface area contributed by atoms with Crippen LogP contribution in [0.1, 0.15) is 58.6 Å². The molecule has 1 heterocycles. The molecule has 4 heteroatoms. The number of carbonyl (C=O) groups excluding carboxylic acids is 1. The van der Waals surface area contributed by atoms with Crippen molar-refractivity contribution in [2.24, 2.45) is 5.73 Å². The molecule has 0 bridgehead atoms. The fourth-order valence-electron chi connectivity index (χ4n) is 3.19. The predicted octanol–water partition coefficient (Wildman–Crippen LogP) is 2.63. The van der Waals surface area contributed by atoms with E-state index in [2.05, 4.69) is 11.4 Å². The van der Waals surface area contributed by atoms with Crippen LogP contribution in [-0.4, -0.2) is 18.0 Å². The summed E-state index contributed by atoms with van der Waals surface area (Å²) in [6, 6.07) is 2.43. The molecule has 1 fully saturated rings. The van der Waals surface area contributed by atoms with E-state index >= 15 is 0 Å². The first-order valence-electron chi connectivity index (χ1n) is 7.42. The highest BCUT2D eigenvalue weighted by molar-refractivity contribution is 7.14. The average Bonchev–Trinajstić information content (AvgIpc) is 2.91. The Bertz CT molecular complexity index is 445. The Hall–Kier alpha value is -0.870. The van der Waals surface area contributed by atoms with Crippen molar-refractivity contribution in [3.05, 3.63) is 21.4 Å². The number of thiophene rings is 1. The smallest absolute Gasteiger partial charge is 0.261 e. The third kappa shape index (κ3) is 2.84. The Labute approximate surface area is 118 Å². The standard InChI is InChI=1S/C15H22N2OS/c16-11-6-4-7-12(11)17-15(18)14-9-10-5-2-1-3-8-13(10)19-14/h9,11-12H,1-8,16H2,(H,17,18). The number of carbonyl (C=O) groups is 1. The van der Waals surface area contributed by atoms with Gasteiger partial charge in [-0.2, -0.15) is 0 Å². The van der Waals surface area contributed by atoms with Crippen molar-refractivity contribution in [1.29, 1.82) is 0 Å². The van der Waals surface area contributed by atoms with Gasteiger partial charge in [0.05, 0.1) is 4.88 Å². The van der Waals surface area contributed by atoms with Crippen molar-refractivity contribution in [2.45, 2.75) is 63.5 Å². The highest BCUT2D eigenvalue weighted by Gasteiger charge is 2.26. The lowest BCUT2D eigenvalue weighted by atomic mass is 10.1. The zero-order chi connectivity index (χ0) is 13.2. The van der Waals surface area contributed by atoms with Crippen LogP contribution < -0.4 is 11.1 Å². The molecule has 2 atom stereocenters. The van der Waals surface area contributed by atoms with Crippen molar-refractivity contribution in [1.82, 2.24) is 5.32 Å². The van der Waals surface area contributed by atoms with Gasteiger partial charge in [-0.15, -0.1) is 11.3 Å². The fraction of sp³-hybridized carbons (Fsp3) is 0.667. The van der Waals surface area contributed by atoms with E-state index in [0.29, 0.717) is 0 Å². The molecule has 0 spiro atoms. The molecular formula is C15H22N2OS. The third-order valence-corrected chi connectivity index (χ3v) is 5.59. The number of hydrogen-bond acceptors (Lipinski definition) is 3. The van der Waals surface area contributed by atoms with Gasteiger partial charge in [0.1, 0.15) is 0 Å². The van der Waals surface area contributed by atoms with Crippen LogP contribution in [0.2, 0.25) is 0 Å². The fourth-order valence-corrected chi connectivity index (χ4v) is 4.34. The Balaban J connectivity index is 1.70. The van der Waals surface area contributed by atoms with Gasteiger partial charge < -0.3 is 11.1 Å². The molecule has 1 amide bonds. The lowest BCUT2D eigenvalue weighted by Gasteiger charge is -2.16. The second-order valence-electron chi connectivity index (χ2n) is 5.79. The van der Waals surface area contributed by atoms with E-state index < -0.39 is 0 Å². The summed E-state index contributed by atoms with van der Waals surface area (Å²) in [4.78, 5) is 14.6. The number of fused-ring (bicyclic) bond motifs is 1. The van der Waals surface area contributed by atoms with E-state index in [4.69, 9.17) is 5.73 Å². The summed E-state index contributed by atoms with van der Waals surface area (Å²) in [7, 11) is 0. The molecule has 3 nitrogen and oxygen atoms in total. The van der Waals surface area contributed by atoms with Gasteiger partial charge in [-0.1, -0.05) is 6.42 Å². The summed E-state index contributed by atoms with van der Waals surface area (Å²) < 4.78 is 0. The number of nitrogens with two attached hydrogens (primary N) is 1. The van der Waals surface area contributed by atoms with Crippen LogP contribution in [0.3, 0.4) is 0 Å². The molecule has 1 saturated carbocycles. The SMILES string of the molecule is NC1CCCC1NC(=O)c1cc2c(s1)CCCCC2. The molecule has 0 aliphatic heterocycles. The molecule has 2 aliphatic rings. The van der Waals surface area contributed by atoms with Crippen LogP contribution in [0.4, 0.5) is 0 Å². The summed E-state index contributed by atoms with van der Waals surface area (Å²) >= 11 is 1.69. The zero-order valence-corrected chi connectivity index (χ0v) is 12.1. The molecule has 19 heavy (non-hydrogen) atoms. The molecule has 2 aliphatic carbocycles. The summed E-state index contributed by atoms with van der Waals surface area (Å²) in [5.41, 5.74) is 7.42. The van der Waals surface area contributed by atoms with Crippen molar-refractivity contribution >= 4 is 17.2 Å². The van der Waals surface area contributed by atoms with E-state index in [1.807, 2.05) is 0 Å². The van der Waals surface area contributed by atoms with Gasteiger partial charge in [-0.3, -0.25) is 4.79 Å². The Kier molecular flexibility index (Phi) is 3.89. The van der Waals surface area contributed by atoms with E-state index in [-0.39, 0.29) is 18.0 Å². The van der Waals surface area contributed by atoms with Crippen LogP contribution in [-0.2, 0) is 12.8 Å². The summed E-state index contributed by atoms with van der Waals surface area (Å²) in [6.45, 7) is 0. The Morgan fingerprint density at radius 2 is 2.05 bits per heavy atom. The molecule has 1 aromatic heterocycles. The second kappa shape index (κ2) is 5.63. The molecule has 3 N–H and O–H groups in total. The highest BCUT2D eigenvalue weighted by atomic mass is 32.1. The number of amides is 1. The quantitative estimate of drug-likeness (QED) is 0.817. The average molecular weight is 278 g/mol. The lowest BCUT2D eigenvalue weighted by Crippen LogP contribution is -2.43. The molecule has 104 valence electrons. The first kappa shape index (κ1) is 13.1. The molecule has 1 aromatic rings. The predicted molar refractivity (Wildman–Crippen MR) is 78.7 cm³/mol. The maximum atomic E-state index is 12.3. The normalized spacial score (nSPS) is 26.8. The van der Waals surface area contributed by atoms with E-state index in [9.17, 15) is 4.79 Å². The topological polar surface area (TPSA) is 55.1 Å². The molecule has 0 saturated heterocycles. The number of aryl methyl sites for hydroxylation is 2. The first-order valence-corrected chi connectivity index (χ1v) is 8.24. The molecule has 3 rings (SSSR count). The number of hydrogen-bond donors (Lipinski definition) is 2. The van der Waals surface area contributed by atoms with E-state index in [1.165, 1.54) is 29.7 Å². The van der Waals surface area contributed by atoms with Gasteiger partial charge in [-0.05, 0) is 56.6 Å². The van der Waals surface area contributed by atoms with Gasteiger partial charge in [0, 0.05) is 17.0 Å². The minimum absolute atomic E-state index is 0.0837. The van der Waals surface area contributed by atoms with Crippen molar-refractivity contribution in [3.63, 3.8) is 0 Å². The monoisotopic (exact) mass is 278 g/mol. The largest absolute Gasteiger partial charge is 0.347 e. The van der Waals surface area contributed by atoms with Crippen molar-refractivity contribution < 1.29 is 4.79 Å². The zero-order valence-electron chi connectivity index (χ0n) is 11.3. The van der Waals surface area contributed by atoms with Gasteiger partial charge in [0.25, 0.3) is 5.91 Å². The molecule has 0 radical (unpaired) electrons. The van der Waals surface area contributed by atoms with Crippen LogP contribution in [0, 0.1) is 0 Å². The van der Waals surface area contributed by atoms with Gasteiger partial charge in [-0.25, -0.2) is 0 Å². The summed E-state index contributed by atoms with van der Waals surface area (Å²) in [5, 5.41) is 3.12. The minimum Gasteiger partial charge on any atom is -0.347 e. The lowest BCUT2D eigenvalue weighted by molar-refractivity contribution is 0.0938. The Morgan fingerprint density at radius 3 is 2.84 bits per heavy atom. The Morgan fingerprint density at radius 1 is 1.21 bits per heavy atom. The first-order chi connectivity index (χ1) is 9.24. The van der Waals surface area contributed by atoms with Crippen molar-refractivity contribution in [2.75, 3.05) is 0 Å². The second-order valence-corrected chi connectivity index (χ2v) is 6.93. The summed E-state index contributed by atoms with van der Waals surface area (Å²) in [5.74, 6) is 0.0837. The minimum atomic E-state index is 0.0837. The third-order valence-electron chi connectivity index (χ3n) is 4.36. The highest BCUT2D eigenvalue weighted by Crippen LogP contribution is 2.29. The molecule has 2 unspecified atom stereocenters. The van der Waals surface area contributed by atoms with Gasteiger partial charge >= 0.3 is 0 Å². The maximum absolute atomic E-state index is 12.3. The van der Waals surface area contributed by atoms with Crippen LogP contribution in [0.15, 0.2) is 6.07 Å². The molecule has 0 aromatic carbocycles. The number of nitrogens with one attached hydrogen (secondary N) is 1. The van der Waals surface area contributed by atoms with Crippen LogP contribution >= 0.6 is 11.3 Å². The maximum Gasteiger partial charge on any atom is 0.261 e. The van der Waals surface area contributed by atoms with Crippen LogP contribution in [0.5, 0.6) is 0 Å².